The van der Waals surface area contributed by atoms with Crippen LogP contribution >= 0.6 is 0 Å². The van der Waals surface area contributed by atoms with Crippen LogP contribution in [0.4, 0.5) is 4.39 Å². The molecule has 17 heavy (non-hydrogen) atoms. The summed E-state index contributed by atoms with van der Waals surface area (Å²) < 4.78 is 17.9. The van der Waals surface area contributed by atoms with Crippen molar-refractivity contribution >= 4 is 0 Å². The van der Waals surface area contributed by atoms with Gasteiger partial charge in [0.15, 0.2) is 0 Å². The first-order valence-corrected chi connectivity index (χ1v) is 5.49. The van der Waals surface area contributed by atoms with Crippen LogP contribution in [-0.2, 0) is 12.0 Å². The SMILES string of the molecule is Cc1cc(F)ccc1CC(C)(O)c1ccoc1. The van der Waals surface area contributed by atoms with E-state index in [1.165, 1.54) is 24.7 Å². The summed E-state index contributed by atoms with van der Waals surface area (Å²) in [6.07, 6.45) is 3.48. The van der Waals surface area contributed by atoms with E-state index in [2.05, 4.69) is 0 Å². The summed E-state index contributed by atoms with van der Waals surface area (Å²) in [6, 6.07) is 6.33. The van der Waals surface area contributed by atoms with E-state index >= 15 is 0 Å². The molecule has 1 N–H and O–H groups in total. The zero-order chi connectivity index (χ0) is 12.5. The molecule has 0 amide bonds. The van der Waals surface area contributed by atoms with Crippen molar-refractivity contribution in [3.05, 3.63) is 59.3 Å². The van der Waals surface area contributed by atoms with Crippen molar-refractivity contribution in [1.82, 2.24) is 0 Å². The van der Waals surface area contributed by atoms with Crippen molar-refractivity contribution in [3.8, 4) is 0 Å². The Labute approximate surface area is 99.7 Å². The lowest BCUT2D eigenvalue weighted by Crippen LogP contribution is -2.24. The first-order chi connectivity index (χ1) is 7.99. The summed E-state index contributed by atoms with van der Waals surface area (Å²) in [4.78, 5) is 0. The number of aryl methyl sites for hydroxylation is 1. The van der Waals surface area contributed by atoms with Gasteiger partial charge in [0.05, 0.1) is 18.1 Å². The second-order valence-electron chi connectivity index (χ2n) is 4.53. The minimum absolute atomic E-state index is 0.255. The van der Waals surface area contributed by atoms with Crippen LogP contribution in [0.2, 0.25) is 0 Å². The Balaban J connectivity index is 2.26. The molecule has 1 unspecified atom stereocenters. The maximum absolute atomic E-state index is 13.0. The predicted octanol–water partition coefficient (Wildman–Crippen LogP) is 3.18. The van der Waals surface area contributed by atoms with Crippen LogP contribution in [0.1, 0.15) is 23.6 Å². The quantitative estimate of drug-likeness (QED) is 0.884. The Kier molecular flexibility index (Phi) is 3.03. The molecule has 1 atom stereocenters. The lowest BCUT2D eigenvalue weighted by molar-refractivity contribution is 0.0568. The normalized spacial score (nSPS) is 14.6. The van der Waals surface area contributed by atoms with E-state index < -0.39 is 5.60 Å². The minimum atomic E-state index is -1.00. The van der Waals surface area contributed by atoms with E-state index in [-0.39, 0.29) is 5.82 Å². The molecule has 3 heteroatoms. The lowest BCUT2D eigenvalue weighted by atomic mass is 9.89. The Morgan fingerprint density at radius 3 is 2.71 bits per heavy atom. The molecule has 90 valence electrons. The summed E-state index contributed by atoms with van der Waals surface area (Å²) >= 11 is 0. The van der Waals surface area contributed by atoms with Crippen molar-refractivity contribution in [3.63, 3.8) is 0 Å². The molecule has 1 aromatic heterocycles. The smallest absolute Gasteiger partial charge is 0.123 e. The predicted molar refractivity (Wildman–Crippen MR) is 63.1 cm³/mol. The second-order valence-corrected chi connectivity index (χ2v) is 4.53. The van der Waals surface area contributed by atoms with Gasteiger partial charge in [0, 0.05) is 12.0 Å². The molecule has 2 aromatic rings. The molecule has 0 aliphatic heterocycles. The molecule has 0 saturated heterocycles. The van der Waals surface area contributed by atoms with Crippen LogP contribution in [0.25, 0.3) is 0 Å². The number of hydrogen-bond acceptors (Lipinski definition) is 2. The molecule has 0 aliphatic rings. The van der Waals surface area contributed by atoms with Gasteiger partial charge in [-0.2, -0.15) is 0 Å². The molecule has 0 fully saturated rings. The number of aliphatic hydroxyl groups is 1. The van der Waals surface area contributed by atoms with Gasteiger partial charge in [0.1, 0.15) is 5.82 Å². The van der Waals surface area contributed by atoms with E-state index in [1.807, 2.05) is 6.92 Å². The highest BCUT2D eigenvalue weighted by atomic mass is 19.1. The average Bonchev–Trinajstić information content (AvgIpc) is 2.76. The lowest BCUT2D eigenvalue weighted by Gasteiger charge is -2.22. The number of halogens is 1. The topological polar surface area (TPSA) is 33.4 Å². The summed E-state index contributed by atoms with van der Waals surface area (Å²) in [5.41, 5.74) is 1.49. The van der Waals surface area contributed by atoms with Gasteiger partial charge in [-0.25, -0.2) is 4.39 Å². The van der Waals surface area contributed by atoms with Crippen LogP contribution in [-0.4, -0.2) is 5.11 Å². The fraction of sp³-hybridized carbons (Fsp3) is 0.286. The standard InChI is InChI=1S/C14H15FO2/c1-10-7-13(15)4-3-11(10)8-14(2,16)12-5-6-17-9-12/h3-7,9,16H,8H2,1-2H3. The molecule has 1 heterocycles. The molecule has 0 bridgehead atoms. The average molecular weight is 234 g/mol. The number of benzene rings is 1. The van der Waals surface area contributed by atoms with Crippen molar-refractivity contribution < 1.29 is 13.9 Å². The first kappa shape index (κ1) is 11.9. The molecule has 0 saturated carbocycles. The van der Waals surface area contributed by atoms with Crippen LogP contribution in [0, 0.1) is 12.7 Å². The van der Waals surface area contributed by atoms with Gasteiger partial charge in [-0.1, -0.05) is 6.07 Å². The van der Waals surface area contributed by atoms with E-state index in [9.17, 15) is 9.50 Å². The molecule has 1 aromatic carbocycles. The summed E-state index contributed by atoms with van der Waals surface area (Å²) in [5.74, 6) is -0.255. The molecular formula is C14H15FO2. The number of rotatable bonds is 3. The number of hydrogen-bond donors (Lipinski definition) is 1. The second kappa shape index (κ2) is 4.34. The monoisotopic (exact) mass is 234 g/mol. The maximum Gasteiger partial charge on any atom is 0.123 e. The van der Waals surface area contributed by atoms with Crippen molar-refractivity contribution in [2.75, 3.05) is 0 Å². The van der Waals surface area contributed by atoms with Crippen LogP contribution in [0.3, 0.4) is 0 Å². The Hall–Kier alpha value is -1.61. The van der Waals surface area contributed by atoms with Gasteiger partial charge >= 0.3 is 0 Å². The summed E-state index contributed by atoms with van der Waals surface area (Å²) in [5, 5.41) is 10.4. The molecule has 2 nitrogen and oxygen atoms in total. The van der Waals surface area contributed by atoms with Crippen LogP contribution < -0.4 is 0 Å². The molecule has 2 rings (SSSR count). The zero-order valence-corrected chi connectivity index (χ0v) is 9.90. The van der Waals surface area contributed by atoms with Gasteiger partial charge in [0.25, 0.3) is 0 Å². The molecular weight excluding hydrogens is 219 g/mol. The third-order valence-electron chi connectivity index (χ3n) is 2.98. The van der Waals surface area contributed by atoms with E-state index in [0.29, 0.717) is 6.42 Å². The van der Waals surface area contributed by atoms with Gasteiger partial charge in [-0.3, -0.25) is 0 Å². The highest BCUT2D eigenvalue weighted by Crippen LogP contribution is 2.27. The fourth-order valence-corrected chi connectivity index (χ4v) is 1.90. The maximum atomic E-state index is 13.0. The van der Waals surface area contributed by atoms with Crippen molar-refractivity contribution in [2.45, 2.75) is 25.9 Å². The van der Waals surface area contributed by atoms with Crippen molar-refractivity contribution in [2.24, 2.45) is 0 Å². The molecule has 0 spiro atoms. The molecule has 0 aliphatic carbocycles. The third kappa shape index (κ3) is 2.56. The third-order valence-corrected chi connectivity index (χ3v) is 2.98. The van der Waals surface area contributed by atoms with Crippen molar-refractivity contribution in [1.29, 1.82) is 0 Å². The Morgan fingerprint density at radius 2 is 2.12 bits per heavy atom. The fourth-order valence-electron chi connectivity index (χ4n) is 1.90. The van der Waals surface area contributed by atoms with Gasteiger partial charge in [0.2, 0.25) is 0 Å². The highest BCUT2D eigenvalue weighted by Gasteiger charge is 2.25. The largest absolute Gasteiger partial charge is 0.472 e. The van der Waals surface area contributed by atoms with Gasteiger partial charge < -0.3 is 9.52 Å². The van der Waals surface area contributed by atoms with Crippen LogP contribution in [0.5, 0.6) is 0 Å². The Bertz CT molecular complexity index is 501. The zero-order valence-electron chi connectivity index (χ0n) is 9.90. The molecule has 0 radical (unpaired) electrons. The van der Waals surface area contributed by atoms with Crippen LogP contribution in [0.15, 0.2) is 41.2 Å². The van der Waals surface area contributed by atoms with E-state index in [4.69, 9.17) is 4.42 Å². The summed E-state index contributed by atoms with van der Waals surface area (Å²) in [6.45, 7) is 3.56. The Morgan fingerprint density at radius 1 is 1.35 bits per heavy atom. The van der Waals surface area contributed by atoms with E-state index in [0.717, 1.165) is 16.7 Å². The first-order valence-electron chi connectivity index (χ1n) is 5.49. The van der Waals surface area contributed by atoms with E-state index in [1.54, 1.807) is 19.1 Å². The highest BCUT2D eigenvalue weighted by molar-refractivity contribution is 5.30. The van der Waals surface area contributed by atoms with Gasteiger partial charge in [-0.05, 0) is 43.2 Å². The van der Waals surface area contributed by atoms with Gasteiger partial charge in [-0.15, -0.1) is 0 Å². The minimum Gasteiger partial charge on any atom is -0.472 e. The number of furan rings is 1. The summed E-state index contributed by atoms with van der Waals surface area (Å²) in [7, 11) is 0.